The Morgan fingerprint density at radius 1 is 1.43 bits per heavy atom. The van der Waals surface area contributed by atoms with Crippen molar-refractivity contribution < 1.29 is 0 Å². The van der Waals surface area contributed by atoms with Gasteiger partial charge in [-0.2, -0.15) is 0 Å². The van der Waals surface area contributed by atoms with Crippen LogP contribution in [0.3, 0.4) is 0 Å². The van der Waals surface area contributed by atoms with Crippen LogP contribution in [0.5, 0.6) is 0 Å². The van der Waals surface area contributed by atoms with Crippen molar-refractivity contribution in [2.45, 2.75) is 25.3 Å². The van der Waals surface area contributed by atoms with E-state index in [1.165, 1.54) is 18.4 Å². The lowest BCUT2D eigenvalue weighted by molar-refractivity contribution is 0.597. The summed E-state index contributed by atoms with van der Waals surface area (Å²) in [4.78, 5) is 0. The molecule has 14 heavy (non-hydrogen) atoms. The lowest BCUT2D eigenvalue weighted by Crippen LogP contribution is -2.10. The number of halogens is 2. The fourth-order valence-corrected chi connectivity index (χ4v) is 2.00. The number of benzene rings is 1. The van der Waals surface area contributed by atoms with E-state index in [-0.39, 0.29) is 18.4 Å². The van der Waals surface area contributed by atoms with E-state index in [1.807, 2.05) is 12.1 Å². The number of rotatable bonds is 3. The summed E-state index contributed by atoms with van der Waals surface area (Å²) >= 11 is 3.46. The Morgan fingerprint density at radius 3 is 2.71 bits per heavy atom. The molecule has 1 aliphatic carbocycles. The molecule has 2 rings (SSSR count). The number of hydrogen-bond donors (Lipinski definition) is 1. The zero-order valence-corrected chi connectivity index (χ0v) is 10.4. The summed E-state index contributed by atoms with van der Waals surface area (Å²) in [6.07, 6.45) is 3.90. The van der Waals surface area contributed by atoms with Crippen molar-refractivity contribution in [2.24, 2.45) is 11.7 Å². The Balaban J connectivity index is 0.000000980. The second kappa shape index (κ2) is 5.15. The van der Waals surface area contributed by atoms with Gasteiger partial charge in [0.25, 0.3) is 0 Å². The van der Waals surface area contributed by atoms with Gasteiger partial charge >= 0.3 is 0 Å². The topological polar surface area (TPSA) is 26.0 Å². The average Bonchev–Trinajstić information content (AvgIpc) is 2.88. The predicted molar refractivity (Wildman–Crippen MR) is 65.7 cm³/mol. The minimum Gasteiger partial charge on any atom is -0.324 e. The van der Waals surface area contributed by atoms with Gasteiger partial charge in [-0.05, 0) is 30.0 Å². The highest BCUT2D eigenvalue weighted by molar-refractivity contribution is 9.10. The minimum absolute atomic E-state index is 0. The van der Waals surface area contributed by atoms with Gasteiger partial charge in [-0.25, -0.2) is 0 Å². The van der Waals surface area contributed by atoms with Crippen molar-refractivity contribution in [2.75, 3.05) is 0 Å². The highest BCUT2D eigenvalue weighted by Crippen LogP contribution is 2.36. The Morgan fingerprint density at radius 2 is 2.14 bits per heavy atom. The molecule has 2 N–H and O–H groups in total. The Hall–Kier alpha value is -0.0500. The third-order valence-electron chi connectivity index (χ3n) is 2.56. The lowest BCUT2D eigenvalue weighted by Gasteiger charge is -2.11. The molecule has 0 radical (unpaired) electrons. The Kier molecular flexibility index (Phi) is 4.42. The molecule has 1 aromatic carbocycles. The molecular formula is C11H15BrClN. The second-order valence-electron chi connectivity index (χ2n) is 3.84. The summed E-state index contributed by atoms with van der Waals surface area (Å²) in [5, 5.41) is 0. The molecule has 0 saturated heterocycles. The van der Waals surface area contributed by atoms with Gasteiger partial charge in [0.05, 0.1) is 0 Å². The molecular weight excluding hydrogens is 261 g/mol. The van der Waals surface area contributed by atoms with E-state index in [9.17, 15) is 0 Å². The highest BCUT2D eigenvalue weighted by atomic mass is 79.9. The molecule has 1 aromatic rings. The van der Waals surface area contributed by atoms with Gasteiger partial charge in [0.2, 0.25) is 0 Å². The molecule has 1 nitrogen and oxygen atoms in total. The average molecular weight is 277 g/mol. The van der Waals surface area contributed by atoms with E-state index in [4.69, 9.17) is 5.73 Å². The van der Waals surface area contributed by atoms with E-state index >= 15 is 0 Å². The van der Waals surface area contributed by atoms with Crippen LogP contribution in [0.1, 0.15) is 30.9 Å². The fraction of sp³-hybridized carbons (Fsp3) is 0.455. The molecule has 1 atom stereocenters. The first-order chi connectivity index (χ1) is 6.25. The fourth-order valence-electron chi connectivity index (χ4n) is 1.59. The molecule has 1 saturated carbocycles. The van der Waals surface area contributed by atoms with E-state index in [0.29, 0.717) is 0 Å². The van der Waals surface area contributed by atoms with Gasteiger partial charge in [0.15, 0.2) is 0 Å². The molecule has 1 fully saturated rings. The van der Waals surface area contributed by atoms with Crippen LogP contribution in [-0.2, 0) is 0 Å². The molecule has 3 heteroatoms. The largest absolute Gasteiger partial charge is 0.324 e. The Labute approximate surface area is 99.6 Å². The first-order valence-corrected chi connectivity index (χ1v) is 5.56. The zero-order valence-electron chi connectivity index (χ0n) is 7.95. The van der Waals surface area contributed by atoms with E-state index in [1.54, 1.807) is 0 Å². The first-order valence-electron chi connectivity index (χ1n) is 4.77. The summed E-state index contributed by atoms with van der Waals surface area (Å²) in [5.74, 6) is 0.897. The Bertz CT molecular complexity index is 299. The maximum atomic E-state index is 6.08. The van der Waals surface area contributed by atoms with Gasteiger partial charge in [-0.15, -0.1) is 12.4 Å². The number of hydrogen-bond acceptors (Lipinski definition) is 1. The third-order valence-corrected chi connectivity index (χ3v) is 3.05. The smallest absolute Gasteiger partial charge is 0.0297 e. The second-order valence-corrected chi connectivity index (χ2v) is 4.76. The van der Waals surface area contributed by atoms with Crippen molar-refractivity contribution in [3.8, 4) is 0 Å². The lowest BCUT2D eigenvalue weighted by atomic mass is 10.0. The van der Waals surface area contributed by atoms with Crippen LogP contribution in [0, 0.1) is 5.92 Å². The van der Waals surface area contributed by atoms with Crippen molar-refractivity contribution in [1.82, 2.24) is 0 Å². The molecule has 1 aliphatic rings. The summed E-state index contributed by atoms with van der Waals surface area (Å²) in [5.41, 5.74) is 7.34. The summed E-state index contributed by atoms with van der Waals surface area (Å²) in [7, 11) is 0. The van der Waals surface area contributed by atoms with Gasteiger partial charge in [0.1, 0.15) is 0 Å². The van der Waals surface area contributed by atoms with Crippen molar-refractivity contribution in [1.29, 1.82) is 0 Å². The van der Waals surface area contributed by atoms with Gasteiger partial charge in [-0.1, -0.05) is 40.9 Å². The van der Waals surface area contributed by atoms with Gasteiger partial charge in [-0.3, -0.25) is 0 Å². The zero-order chi connectivity index (χ0) is 9.26. The SMILES string of the molecule is Cl.N[C@@H](CC1CC1)c1cccc(Br)c1. The molecule has 78 valence electrons. The summed E-state index contributed by atoms with van der Waals surface area (Å²) in [6.45, 7) is 0. The molecule has 0 amide bonds. The highest BCUT2D eigenvalue weighted by Gasteiger charge is 2.24. The maximum Gasteiger partial charge on any atom is 0.0297 e. The van der Waals surface area contributed by atoms with Crippen LogP contribution in [0.25, 0.3) is 0 Å². The van der Waals surface area contributed by atoms with E-state index in [2.05, 4.69) is 28.1 Å². The van der Waals surface area contributed by atoms with Crippen LogP contribution in [0.15, 0.2) is 28.7 Å². The van der Waals surface area contributed by atoms with Crippen molar-refractivity contribution >= 4 is 28.3 Å². The van der Waals surface area contributed by atoms with Gasteiger partial charge < -0.3 is 5.73 Å². The molecule has 0 aromatic heterocycles. The van der Waals surface area contributed by atoms with E-state index < -0.39 is 0 Å². The molecule has 0 unspecified atom stereocenters. The molecule has 0 bridgehead atoms. The molecule has 0 aliphatic heterocycles. The monoisotopic (exact) mass is 275 g/mol. The van der Waals surface area contributed by atoms with Crippen LogP contribution >= 0.6 is 28.3 Å². The van der Waals surface area contributed by atoms with Gasteiger partial charge in [0, 0.05) is 10.5 Å². The predicted octanol–water partition coefficient (Wildman–Crippen LogP) is 3.67. The molecule has 0 spiro atoms. The quantitative estimate of drug-likeness (QED) is 0.895. The standard InChI is InChI=1S/C11H14BrN.ClH/c12-10-3-1-2-9(7-10)11(13)6-8-4-5-8;/h1-3,7-8,11H,4-6,13H2;1H/t11-;/m0./s1. The molecule has 0 heterocycles. The van der Waals surface area contributed by atoms with Crippen LogP contribution < -0.4 is 5.73 Å². The van der Waals surface area contributed by atoms with Crippen molar-refractivity contribution in [3.63, 3.8) is 0 Å². The van der Waals surface area contributed by atoms with Crippen LogP contribution in [0.4, 0.5) is 0 Å². The minimum atomic E-state index is 0. The summed E-state index contributed by atoms with van der Waals surface area (Å²) in [6, 6.07) is 8.54. The maximum absolute atomic E-state index is 6.08. The van der Waals surface area contributed by atoms with Crippen molar-refractivity contribution in [3.05, 3.63) is 34.3 Å². The number of nitrogens with two attached hydrogens (primary N) is 1. The van der Waals surface area contributed by atoms with Crippen LogP contribution in [0.2, 0.25) is 0 Å². The van der Waals surface area contributed by atoms with Crippen LogP contribution in [-0.4, -0.2) is 0 Å². The summed E-state index contributed by atoms with van der Waals surface area (Å²) < 4.78 is 1.12. The normalized spacial score (nSPS) is 17.3. The first kappa shape index (κ1) is 12.0. The van der Waals surface area contributed by atoms with E-state index in [0.717, 1.165) is 16.8 Å². The third kappa shape index (κ3) is 3.26.